The Labute approximate surface area is 152 Å². The first-order chi connectivity index (χ1) is 11.8. The average Bonchev–Trinajstić information content (AvgIpc) is 2.74. The molecule has 4 nitrogen and oxygen atoms in total. The second kappa shape index (κ2) is 6.92. The first-order valence-corrected chi connectivity index (χ1v) is 9.30. The molecule has 2 aromatic rings. The lowest BCUT2D eigenvalue weighted by molar-refractivity contribution is -0.115. The molecule has 0 radical (unpaired) electrons. The third-order valence-electron chi connectivity index (χ3n) is 4.11. The third kappa shape index (κ3) is 4.23. The first kappa shape index (κ1) is 17.5. The Morgan fingerprint density at radius 1 is 1.12 bits per heavy atom. The minimum atomic E-state index is -0.185. The van der Waals surface area contributed by atoms with Gasteiger partial charge in [0.2, 0.25) is 5.91 Å². The van der Waals surface area contributed by atoms with Gasteiger partial charge in [-0.1, -0.05) is 32.9 Å². The maximum atomic E-state index is 12.5. The smallest absolute Gasteiger partial charge is 0.255 e. The van der Waals surface area contributed by atoms with Crippen LogP contribution in [0.3, 0.4) is 0 Å². The molecule has 0 aliphatic carbocycles. The van der Waals surface area contributed by atoms with Crippen molar-refractivity contribution in [2.75, 3.05) is 16.4 Å². The van der Waals surface area contributed by atoms with Crippen LogP contribution in [-0.2, 0) is 10.2 Å². The van der Waals surface area contributed by atoms with Crippen molar-refractivity contribution in [2.45, 2.75) is 37.5 Å². The predicted octanol–water partition coefficient (Wildman–Crippen LogP) is 4.67. The van der Waals surface area contributed by atoms with E-state index in [1.165, 1.54) is 5.56 Å². The fourth-order valence-corrected chi connectivity index (χ4v) is 3.56. The van der Waals surface area contributed by atoms with Gasteiger partial charge in [-0.05, 0) is 41.3 Å². The molecule has 0 unspecified atom stereocenters. The Bertz CT molecular complexity index is 807. The van der Waals surface area contributed by atoms with E-state index in [1.54, 1.807) is 23.9 Å². The number of carbonyl (C=O) groups is 2. The zero-order valence-corrected chi connectivity index (χ0v) is 15.5. The van der Waals surface area contributed by atoms with Crippen molar-refractivity contribution in [2.24, 2.45) is 0 Å². The minimum absolute atomic E-state index is 0.0124. The highest BCUT2D eigenvalue weighted by Crippen LogP contribution is 2.31. The fraction of sp³-hybridized carbons (Fsp3) is 0.300. The number of fused-ring (bicyclic) bond motifs is 1. The van der Waals surface area contributed by atoms with Crippen molar-refractivity contribution in [3.8, 4) is 0 Å². The summed E-state index contributed by atoms with van der Waals surface area (Å²) in [5, 5.41) is 5.78. The van der Waals surface area contributed by atoms with E-state index in [4.69, 9.17) is 0 Å². The lowest BCUT2D eigenvalue weighted by Crippen LogP contribution is -2.15. The zero-order chi connectivity index (χ0) is 18.0. The second-order valence-electron chi connectivity index (χ2n) is 7.14. The van der Waals surface area contributed by atoms with Crippen LogP contribution < -0.4 is 10.6 Å². The molecule has 0 saturated carbocycles. The molecular formula is C20H22N2O2S. The van der Waals surface area contributed by atoms with Gasteiger partial charge in [0.15, 0.2) is 0 Å². The van der Waals surface area contributed by atoms with Crippen molar-refractivity contribution in [3.63, 3.8) is 0 Å². The Morgan fingerprint density at radius 3 is 2.52 bits per heavy atom. The third-order valence-corrected chi connectivity index (χ3v) is 5.19. The number of anilines is 2. The summed E-state index contributed by atoms with van der Waals surface area (Å²) >= 11 is 1.63. The van der Waals surface area contributed by atoms with Crippen LogP contribution in [0.15, 0.2) is 47.4 Å². The van der Waals surface area contributed by atoms with E-state index in [-0.39, 0.29) is 17.2 Å². The summed E-state index contributed by atoms with van der Waals surface area (Å²) in [5.41, 5.74) is 3.29. The number of hydrogen-bond donors (Lipinski definition) is 2. The van der Waals surface area contributed by atoms with Gasteiger partial charge in [0, 0.05) is 28.3 Å². The van der Waals surface area contributed by atoms with Gasteiger partial charge in [-0.2, -0.15) is 0 Å². The van der Waals surface area contributed by atoms with E-state index >= 15 is 0 Å². The van der Waals surface area contributed by atoms with Crippen LogP contribution in [0.25, 0.3) is 0 Å². The van der Waals surface area contributed by atoms with Gasteiger partial charge in [-0.25, -0.2) is 0 Å². The van der Waals surface area contributed by atoms with E-state index in [0.717, 1.165) is 16.3 Å². The molecule has 0 atom stereocenters. The highest BCUT2D eigenvalue weighted by molar-refractivity contribution is 7.99. The maximum Gasteiger partial charge on any atom is 0.255 e. The molecule has 0 aromatic heterocycles. The number of nitrogens with one attached hydrogen (secondary N) is 2. The molecule has 0 fully saturated rings. The molecule has 3 rings (SSSR count). The highest BCUT2D eigenvalue weighted by Gasteiger charge is 2.16. The van der Waals surface area contributed by atoms with E-state index in [1.807, 2.05) is 30.3 Å². The predicted molar refractivity (Wildman–Crippen MR) is 104 cm³/mol. The summed E-state index contributed by atoms with van der Waals surface area (Å²) < 4.78 is 0. The molecule has 1 aliphatic heterocycles. The number of rotatable bonds is 2. The molecule has 1 aliphatic rings. The van der Waals surface area contributed by atoms with Crippen molar-refractivity contribution in [3.05, 3.63) is 53.6 Å². The van der Waals surface area contributed by atoms with Crippen molar-refractivity contribution in [1.29, 1.82) is 0 Å². The molecule has 5 heteroatoms. The van der Waals surface area contributed by atoms with Gasteiger partial charge >= 0.3 is 0 Å². The Morgan fingerprint density at radius 2 is 1.84 bits per heavy atom. The van der Waals surface area contributed by atoms with Crippen LogP contribution in [0.2, 0.25) is 0 Å². The molecule has 2 aromatic carbocycles. The topological polar surface area (TPSA) is 58.2 Å². The van der Waals surface area contributed by atoms with Gasteiger partial charge in [0.05, 0.1) is 5.69 Å². The van der Waals surface area contributed by atoms with E-state index in [0.29, 0.717) is 17.7 Å². The monoisotopic (exact) mass is 354 g/mol. The van der Waals surface area contributed by atoms with Crippen LogP contribution >= 0.6 is 11.8 Å². The number of carbonyl (C=O) groups excluding carboxylic acids is 2. The van der Waals surface area contributed by atoms with Crippen LogP contribution in [-0.4, -0.2) is 17.6 Å². The number of thioether (sulfide) groups is 1. The van der Waals surface area contributed by atoms with Crippen LogP contribution in [0.4, 0.5) is 11.4 Å². The standard InChI is InChI=1S/C20H22N2O2S/c1-20(2,3)14-5-7-15(8-6-14)21-19(24)13-4-9-17-16(12-13)22-18(23)10-11-25-17/h4-9,12H,10-11H2,1-3H3,(H,21,24)(H,22,23). The largest absolute Gasteiger partial charge is 0.325 e. The van der Waals surface area contributed by atoms with Crippen molar-refractivity contribution < 1.29 is 9.59 Å². The van der Waals surface area contributed by atoms with Crippen LogP contribution in [0.5, 0.6) is 0 Å². The van der Waals surface area contributed by atoms with Crippen molar-refractivity contribution >= 4 is 35.0 Å². The quantitative estimate of drug-likeness (QED) is 0.824. The minimum Gasteiger partial charge on any atom is -0.325 e. The van der Waals surface area contributed by atoms with Crippen LogP contribution in [0, 0.1) is 0 Å². The van der Waals surface area contributed by atoms with Gasteiger partial charge in [0.25, 0.3) is 5.91 Å². The molecule has 2 amide bonds. The summed E-state index contributed by atoms with van der Waals surface area (Å²) in [6.45, 7) is 6.47. The first-order valence-electron chi connectivity index (χ1n) is 8.31. The normalized spacial score (nSPS) is 14.3. The Balaban J connectivity index is 1.76. The lowest BCUT2D eigenvalue weighted by Gasteiger charge is -2.19. The van der Waals surface area contributed by atoms with E-state index < -0.39 is 0 Å². The summed E-state index contributed by atoms with van der Waals surface area (Å²) in [6.07, 6.45) is 0.487. The fourth-order valence-electron chi connectivity index (χ4n) is 2.62. The SMILES string of the molecule is CC(C)(C)c1ccc(NC(=O)c2ccc3c(c2)NC(=O)CCS3)cc1. The van der Waals surface area contributed by atoms with Crippen LogP contribution in [0.1, 0.15) is 43.1 Å². The zero-order valence-electron chi connectivity index (χ0n) is 14.7. The Hall–Kier alpha value is -2.27. The summed E-state index contributed by atoms with van der Waals surface area (Å²) in [6, 6.07) is 13.3. The Kier molecular flexibility index (Phi) is 4.86. The highest BCUT2D eigenvalue weighted by atomic mass is 32.2. The maximum absolute atomic E-state index is 12.5. The molecule has 0 spiro atoms. The van der Waals surface area contributed by atoms with E-state index in [2.05, 4.69) is 31.4 Å². The van der Waals surface area contributed by atoms with Gasteiger partial charge in [0.1, 0.15) is 0 Å². The van der Waals surface area contributed by atoms with E-state index in [9.17, 15) is 9.59 Å². The molecule has 2 N–H and O–H groups in total. The number of benzene rings is 2. The number of hydrogen-bond acceptors (Lipinski definition) is 3. The van der Waals surface area contributed by atoms with Gasteiger partial charge in [-0.3, -0.25) is 9.59 Å². The summed E-state index contributed by atoms with van der Waals surface area (Å²) in [5.74, 6) is 0.557. The van der Waals surface area contributed by atoms with Gasteiger partial charge < -0.3 is 10.6 Å². The molecular weight excluding hydrogens is 332 g/mol. The van der Waals surface area contributed by atoms with Gasteiger partial charge in [-0.15, -0.1) is 11.8 Å². The molecule has 0 saturated heterocycles. The van der Waals surface area contributed by atoms with Crippen molar-refractivity contribution in [1.82, 2.24) is 0 Å². The molecule has 130 valence electrons. The summed E-state index contributed by atoms with van der Waals surface area (Å²) in [7, 11) is 0. The lowest BCUT2D eigenvalue weighted by atomic mass is 9.87. The number of amides is 2. The molecule has 1 heterocycles. The molecule has 0 bridgehead atoms. The summed E-state index contributed by atoms with van der Waals surface area (Å²) in [4.78, 5) is 25.2. The molecule has 25 heavy (non-hydrogen) atoms. The average molecular weight is 354 g/mol. The second-order valence-corrected chi connectivity index (χ2v) is 8.28.